The SMILES string of the molecule is CC1S/C(=N\N=C\c2ccc(N(C)C)cc2)N(Cc2ccccc2)C1=O. The molecule has 1 aliphatic heterocycles. The molecule has 1 amide bonds. The minimum Gasteiger partial charge on any atom is -0.378 e. The minimum absolute atomic E-state index is 0.0724. The number of nitrogens with zero attached hydrogens (tertiary/aromatic N) is 4. The maximum Gasteiger partial charge on any atom is 0.242 e. The van der Waals surface area contributed by atoms with Gasteiger partial charge < -0.3 is 4.90 Å². The maximum absolute atomic E-state index is 12.4. The molecular formula is C20H22N4OS. The second kappa shape index (κ2) is 8.19. The van der Waals surface area contributed by atoms with Gasteiger partial charge in [0, 0.05) is 19.8 Å². The highest BCUT2D eigenvalue weighted by Crippen LogP contribution is 2.28. The third kappa shape index (κ3) is 4.32. The summed E-state index contributed by atoms with van der Waals surface area (Å²) in [5.74, 6) is 0.0724. The van der Waals surface area contributed by atoms with E-state index in [1.54, 1.807) is 11.1 Å². The molecule has 0 spiro atoms. The molecule has 2 aromatic carbocycles. The highest BCUT2D eigenvalue weighted by Gasteiger charge is 2.35. The first-order valence-electron chi connectivity index (χ1n) is 8.45. The van der Waals surface area contributed by atoms with E-state index in [2.05, 4.69) is 10.2 Å². The second-order valence-corrected chi connectivity index (χ2v) is 7.59. The first-order chi connectivity index (χ1) is 12.5. The lowest BCUT2D eigenvalue weighted by Crippen LogP contribution is -2.30. The fourth-order valence-corrected chi connectivity index (χ4v) is 3.50. The Morgan fingerprint density at radius 1 is 1.12 bits per heavy atom. The van der Waals surface area contributed by atoms with Crippen LogP contribution in [0.15, 0.2) is 64.8 Å². The van der Waals surface area contributed by atoms with Crippen molar-refractivity contribution in [2.24, 2.45) is 10.2 Å². The number of benzene rings is 2. The van der Waals surface area contributed by atoms with Gasteiger partial charge in [0.15, 0.2) is 5.17 Å². The van der Waals surface area contributed by atoms with Crippen molar-refractivity contribution >= 4 is 34.7 Å². The molecule has 134 valence electrons. The van der Waals surface area contributed by atoms with Crippen molar-refractivity contribution in [3.05, 3.63) is 65.7 Å². The van der Waals surface area contributed by atoms with Gasteiger partial charge in [0.2, 0.25) is 5.91 Å². The lowest BCUT2D eigenvalue weighted by Gasteiger charge is -2.15. The van der Waals surface area contributed by atoms with E-state index in [9.17, 15) is 4.79 Å². The van der Waals surface area contributed by atoms with E-state index in [0.29, 0.717) is 11.7 Å². The smallest absolute Gasteiger partial charge is 0.242 e. The molecule has 0 aliphatic carbocycles. The first kappa shape index (κ1) is 18.2. The van der Waals surface area contributed by atoms with Crippen LogP contribution in [-0.2, 0) is 11.3 Å². The Kier molecular flexibility index (Phi) is 5.73. The van der Waals surface area contributed by atoms with Crippen LogP contribution in [-0.4, -0.2) is 41.5 Å². The average molecular weight is 366 g/mol. The maximum atomic E-state index is 12.4. The Hall–Kier alpha value is -2.60. The standard InChI is InChI=1S/C20H22N4OS/c1-15-19(25)24(14-17-7-5-4-6-8-17)20(26-15)22-21-13-16-9-11-18(12-10-16)23(2)3/h4-13,15H,14H2,1-3H3/b21-13+,22-20-. The zero-order valence-electron chi connectivity index (χ0n) is 15.2. The number of carbonyl (C=O) groups is 1. The Labute approximate surface area is 158 Å². The number of anilines is 1. The predicted molar refractivity (Wildman–Crippen MR) is 110 cm³/mol. The van der Waals surface area contributed by atoms with Crippen LogP contribution in [0.5, 0.6) is 0 Å². The molecule has 0 bridgehead atoms. The normalized spacial score (nSPS) is 18.9. The number of carbonyl (C=O) groups excluding carboxylic acids is 1. The number of amides is 1. The van der Waals surface area contributed by atoms with Gasteiger partial charge in [0.25, 0.3) is 0 Å². The van der Waals surface area contributed by atoms with Crippen molar-refractivity contribution in [1.82, 2.24) is 4.90 Å². The second-order valence-electron chi connectivity index (χ2n) is 6.28. The van der Waals surface area contributed by atoms with E-state index in [1.807, 2.05) is 80.5 Å². The first-order valence-corrected chi connectivity index (χ1v) is 9.33. The summed E-state index contributed by atoms with van der Waals surface area (Å²) in [5, 5.41) is 9.01. The van der Waals surface area contributed by atoms with E-state index in [0.717, 1.165) is 16.8 Å². The van der Waals surface area contributed by atoms with Gasteiger partial charge in [-0.3, -0.25) is 9.69 Å². The van der Waals surface area contributed by atoms with Crippen molar-refractivity contribution in [3.63, 3.8) is 0 Å². The Morgan fingerprint density at radius 2 is 1.81 bits per heavy atom. The molecule has 3 rings (SSSR count). The van der Waals surface area contributed by atoms with Crippen LogP contribution in [0.1, 0.15) is 18.1 Å². The molecule has 0 radical (unpaired) electrons. The molecule has 26 heavy (non-hydrogen) atoms. The van der Waals surface area contributed by atoms with Crippen LogP contribution in [0.2, 0.25) is 0 Å². The summed E-state index contributed by atoms with van der Waals surface area (Å²) in [5.41, 5.74) is 3.18. The number of thioether (sulfide) groups is 1. The topological polar surface area (TPSA) is 48.3 Å². The van der Waals surface area contributed by atoms with E-state index < -0.39 is 0 Å². The monoisotopic (exact) mass is 366 g/mol. The lowest BCUT2D eigenvalue weighted by molar-refractivity contribution is -0.126. The van der Waals surface area contributed by atoms with Gasteiger partial charge in [-0.15, -0.1) is 5.10 Å². The summed E-state index contributed by atoms with van der Waals surface area (Å²) in [4.78, 5) is 16.2. The fraction of sp³-hybridized carbons (Fsp3) is 0.250. The van der Waals surface area contributed by atoms with Gasteiger partial charge >= 0.3 is 0 Å². The van der Waals surface area contributed by atoms with Crippen molar-refractivity contribution in [1.29, 1.82) is 0 Å². The summed E-state index contributed by atoms with van der Waals surface area (Å²) in [6, 6.07) is 18.0. The molecule has 1 heterocycles. The third-order valence-electron chi connectivity index (χ3n) is 4.07. The molecule has 1 aliphatic rings. The van der Waals surface area contributed by atoms with Gasteiger partial charge in [-0.05, 0) is 30.2 Å². The molecule has 0 N–H and O–H groups in total. The highest BCUT2D eigenvalue weighted by molar-refractivity contribution is 8.15. The largest absolute Gasteiger partial charge is 0.378 e. The summed E-state index contributed by atoms with van der Waals surface area (Å²) < 4.78 is 0. The van der Waals surface area contributed by atoms with Gasteiger partial charge in [0.05, 0.1) is 18.0 Å². The van der Waals surface area contributed by atoms with Gasteiger partial charge in [-0.2, -0.15) is 5.10 Å². The molecule has 6 heteroatoms. The molecule has 0 aromatic heterocycles. The van der Waals surface area contributed by atoms with Crippen molar-refractivity contribution < 1.29 is 4.79 Å². The predicted octanol–water partition coefficient (Wildman–Crippen LogP) is 3.61. The third-order valence-corrected chi connectivity index (χ3v) is 5.14. The number of hydrogen-bond acceptors (Lipinski definition) is 5. The van der Waals surface area contributed by atoms with Crippen LogP contribution in [0, 0.1) is 0 Å². The minimum atomic E-state index is -0.132. The molecule has 0 saturated carbocycles. The molecular weight excluding hydrogens is 344 g/mol. The quantitative estimate of drug-likeness (QED) is 0.600. The van der Waals surface area contributed by atoms with E-state index in [-0.39, 0.29) is 11.2 Å². The summed E-state index contributed by atoms with van der Waals surface area (Å²) >= 11 is 1.45. The summed E-state index contributed by atoms with van der Waals surface area (Å²) in [6.45, 7) is 2.42. The van der Waals surface area contributed by atoms with Gasteiger partial charge in [0.1, 0.15) is 0 Å². The van der Waals surface area contributed by atoms with Crippen LogP contribution >= 0.6 is 11.8 Å². The summed E-state index contributed by atoms with van der Waals surface area (Å²) in [7, 11) is 4.01. The van der Waals surface area contributed by atoms with E-state index >= 15 is 0 Å². The summed E-state index contributed by atoms with van der Waals surface area (Å²) in [6.07, 6.45) is 1.71. The molecule has 1 saturated heterocycles. The van der Waals surface area contributed by atoms with Crippen LogP contribution in [0.3, 0.4) is 0 Å². The zero-order valence-corrected chi connectivity index (χ0v) is 16.0. The zero-order chi connectivity index (χ0) is 18.5. The van der Waals surface area contributed by atoms with Crippen molar-refractivity contribution in [2.45, 2.75) is 18.7 Å². The average Bonchev–Trinajstić information content (AvgIpc) is 2.91. The number of rotatable bonds is 5. The molecule has 1 atom stereocenters. The van der Waals surface area contributed by atoms with E-state index in [4.69, 9.17) is 0 Å². The van der Waals surface area contributed by atoms with E-state index in [1.165, 1.54) is 11.8 Å². The Morgan fingerprint density at radius 3 is 2.46 bits per heavy atom. The highest BCUT2D eigenvalue weighted by atomic mass is 32.2. The molecule has 1 fully saturated rings. The molecule has 5 nitrogen and oxygen atoms in total. The van der Waals surface area contributed by atoms with Gasteiger partial charge in [-0.1, -0.05) is 54.2 Å². The lowest BCUT2D eigenvalue weighted by atomic mass is 10.2. The van der Waals surface area contributed by atoms with Crippen LogP contribution in [0.25, 0.3) is 0 Å². The van der Waals surface area contributed by atoms with Crippen molar-refractivity contribution in [3.8, 4) is 0 Å². The molecule has 1 unspecified atom stereocenters. The Bertz CT molecular complexity index is 815. The van der Waals surface area contributed by atoms with Crippen LogP contribution < -0.4 is 4.90 Å². The van der Waals surface area contributed by atoms with Crippen LogP contribution in [0.4, 0.5) is 5.69 Å². The molecule has 2 aromatic rings. The van der Waals surface area contributed by atoms with Crippen molar-refractivity contribution in [2.75, 3.05) is 19.0 Å². The number of amidine groups is 1. The fourth-order valence-electron chi connectivity index (χ4n) is 2.58. The van der Waals surface area contributed by atoms with Gasteiger partial charge in [-0.25, -0.2) is 0 Å². The number of hydrogen-bond donors (Lipinski definition) is 0. The Balaban J connectivity index is 1.73.